The average Bonchev–Trinajstić information content (AvgIpc) is 3.07. The van der Waals surface area contributed by atoms with Gasteiger partial charge in [-0.05, 0) is 62.3 Å². The third kappa shape index (κ3) is 3.70. The van der Waals surface area contributed by atoms with Crippen LogP contribution in [0.1, 0.15) is 31.0 Å². The molecule has 138 valence electrons. The van der Waals surface area contributed by atoms with Gasteiger partial charge >= 0.3 is 0 Å². The van der Waals surface area contributed by atoms with Gasteiger partial charge in [-0.15, -0.1) is 0 Å². The highest BCUT2D eigenvalue weighted by atomic mass is 16.5. The average molecular weight is 352 g/mol. The third-order valence-electron chi connectivity index (χ3n) is 5.80. The zero-order valence-corrected chi connectivity index (χ0v) is 15.7. The molecule has 2 aliphatic rings. The van der Waals surface area contributed by atoms with E-state index in [1.807, 2.05) is 30.5 Å². The molecule has 0 bridgehead atoms. The van der Waals surface area contributed by atoms with Gasteiger partial charge in [0.25, 0.3) is 0 Å². The maximum atomic E-state index is 6.26. The highest BCUT2D eigenvalue weighted by Gasteiger charge is 2.31. The first-order valence-corrected chi connectivity index (χ1v) is 9.69. The SMILES string of the molecule is COc1ccccc1O[C@@H]1CCN(CC2Cc3cccnc3C2)[C@@H](C)C1. The summed E-state index contributed by atoms with van der Waals surface area (Å²) >= 11 is 0. The van der Waals surface area contributed by atoms with E-state index in [0.29, 0.717) is 12.0 Å². The Morgan fingerprint density at radius 2 is 1.96 bits per heavy atom. The summed E-state index contributed by atoms with van der Waals surface area (Å²) in [6, 6.07) is 12.8. The van der Waals surface area contributed by atoms with Gasteiger partial charge in [-0.3, -0.25) is 4.98 Å². The molecule has 1 aromatic heterocycles. The van der Waals surface area contributed by atoms with Gasteiger partial charge in [0.1, 0.15) is 6.10 Å². The summed E-state index contributed by atoms with van der Waals surface area (Å²) < 4.78 is 11.7. The second-order valence-electron chi connectivity index (χ2n) is 7.64. The van der Waals surface area contributed by atoms with Crippen molar-refractivity contribution in [2.24, 2.45) is 5.92 Å². The van der Waals surface area contributed by atoms with Crippen LogP contribution in [0.4, 0.5) is 0 Å². The molecule has 1 aliphatic heterocycles. The molecule has 0 N–H and O–H groups in total. The minimum absolute atomic E-state index is 0.264. The maximum Gasteiger partial charge on any atom is 0.161 e. The van der Waals surface area contributed by atoms with Crippen LogP contribution in [-0.2, 0) is 12.8 Å². The zero-order valence-electron chi connectivity index (χ0n) is 15.7. The fraction of sp³-hybridized carbons (Fsp3) is 0.500. The van der Waals surface area contributed by atoms with Crippen molar-refractivity contribution in [3.8, 4) is 11.5 Å². The van der Waals surface area contributed by atoms with Crippen molar-refractivity contribution in [1.82, 2.24) is 9.88 Å². The quantitative estimate of drug-likeness (QED) is 0.821. The second-order valence-corrected chi connectivity index (χ2v) is 7.64. The van der Waals surface area contributed by atoms with E-state index in [2.05, 4.69) is 28.9 Å². The fourth-order valence-corrected chi connectivity index (χ4v) is 4.41. The van der Waals surface area contributed by atoms with E-state index in [1.165, 1.54) is 24.2 Å². The van der Waals surface area contributed by atoms with Gasteiger partial charge in [-0.1, -0.05) is 18.2 Å². The van der Waals surface area contributed by atoms with Crippen LogP contribution >= 0.6 is 0 Å². The van der Waals surface area contributed by atoms with Crippen LogP contribution in [0, 0.1) is 5.92 Å². The molecule has 2 aromatic rings. The molecule has 4 nitrogen and oxygen atoms in total. The first-order valence-electron chi connectivity index (χ1n) is 9.69. The number of hydrogen-bond acceptors (Lipinski definition) is 4. The van der Waals surface area contributed by atoms with Crippen LogP contribution in [0.3, 0.4) is 0 Å². The number of piperidine rings is 1. The van der Waals surface area contributed by atoms with E-state index < -0.39 is 0 Å². The minimum Gasteiger partial charge on any atom is -0.493 e. The van der Waals surface area contributed by atoms with Crippen LogP contribution < -0.4 is 9.47 Å². The Kier molecular flexibility index (Phi) is 5.11. The zero-order chi connectivity index (χ0) is 17.9. The number of para-hydroxylation sites is 2. The third-order valence-corrected chi connectivity index (χ3v) is 5.80. The Labute approximate surface area is 156 Å². The van der Waals surface area contributed by atoms with Crippen molar-refractivity contribution in [2.75, 3.05) is 20.2 Å². The van der Waals surface area contributed by atoms with E-state index in [4.69, 9.17) is 9.47 Å². The number of likely N-dealkylation sites (tertiary alicyclic amines) is 1. The summed E-state index contributed by atoms with van der Waals surface area (Å²) in [6.45, 7) is 4.60. The Morgan fingerprint density at radius 3 is 2.73 bits per heavy atom. The molecule has 0 saturated carbocycles. The van der Waals surface area contributed by atoms with E-state index in [-0.39, 0.29) is 6.10 Å². The Bertz CT molecular complexity index is 723. The minimum atomic E-state index is 0.264. The van der Waals surface area contributed by atoms with Gasteiger partial charge in [-0.2, -0.15) is 0 Å². The van der Waals surface area contributed by atoms with Gasteiger partial charge in [0.15, 0.2) is 11.5 Å². The van der Waals surface area contributed by atoms with E-state index >= 15 is 0 Å². The smallest absolute Gasteiger partial charge is 0.161 e. The lowest BCUT2D eigenvalue weighted by atomic mass is 9.97. The summed E-state index contributed by atoms with van der Waals surface area (Å²) in [7, 11) is 1.70. The monoisotopic (exact) mass is 352 g/mol. The number of nitrogens with zero attached hydrogens (tertiary/aromatic N) is 2. The van der Waals surface area contributed by atoms with E-state index in [1.54, 1.807) is 7.11 Å². The fourth-order valence-electron chi connectivity index (χ4n) is 4.41. The van der Waals surface area contributed by atoms with E-state index in [0.717, 1.165) is 37.3 Å². The number of benzene rings is 1. The lowest BCUT2D eigenvalue weighted by molar-refractivity contribution is 0.0527. The van der Waals surface area contributed by atoms with Crippen molar-refractivity contribution in [3.63, 3.8) is 0 Å². The molecule has 0 radical (unpaired) electrons. The molecule has 4 heteroatoms. The van der Waals surface area contributed by atoms with E-state index in [9.17, 15) is 0 Å². The predicted molar refractivity (Wildman–Crippen MR) is 103 cm³/mol. The van der Waals surface area contributed by atoms with Crippen molar-refractivity contribution < 1.29 is 9.47 Å². The lowest BCUT2D eigenvalue weighted by Crippen LogP contribution is -2.46. The largest absolute Gasteiger partial charge is 0.493 e. The van der Waals surface area contributed by atoms with Crippen molar-refractivity contribution in [2.45, 2.75) is 44.8 Å². The number of rotatable bonds is 5. The molecule has 26 heavy (non-hydrogen) atoms. The highest BCUT2D eigenvalue weighted by molar-refractivity contribution is 5.39. The Balaban J connectivity index is 1.31. The summed E-state index contributed by atoms with van der Waals surface area (Å²) in [6.07, 6.45) is 6.62. The summed E-state index contributed by atoms with van der Waals surface area (Å²) in [5.74, 6) is 2.38. The number of fused-ring (bicyclic) bond motifs is 1. The molecule has 1 aromatic carbocycles. The first kappa shape index (κ1) is 17.3. The second kappa shape index (κ2) is 7.67. The van der Waals surface area contributed by atoms with Crippen LogP contribution in [0.25, 0.3) is 0 Å². The number of hydrogen-bond donors (Lipinski definition) is 0. The topological polar surface area (TPSA) is 34.6 Å². The maximum absolute atomic E-state index is 6.26. The number of pyridine rings is 1. The highest BCUT2D eigenvalue weighted by Crippen LogP contribution is 2.31. The lowest BCUT2D eigenvalue weighted by Gasteiger charge is -2.39. The summed E-state index contributed by atoms with van der Waals surface area (Å²) in [4.78, 5) is 7.18. The summed E-state index contributed by atoms with van der Waals surface area (Å²) in [5, 5.41) is 0. The Morgan fingerprint density at radius 1 is 1.12 bits per heavy atom. The molecule has 0 spiro atoms. The molecule has 1 unspecified atom stereocenters. The van der Waals surface area contributed by atoms with Crippen LogP contribution in [-0.4, -0.2) is 42.2 Å². The molecule has 1 saturated heterocycles. The predicted octanol–water partition coefficient (Wildman–Crippen LogP) is 3.74. The van der Waals surface area contributed by atoms with Crippen LogP contribution in [0.15, 0.2) is 42.6 Å². The molecule has 4 rings (SSSR count). The first-order chi connectivity index (χ1) is 12.7. The van der Waals surface area contributed by atoms with Crippen molar-refractivity contribution in [1.29, 1.82) is 0 Å². The normalized spacial score (nSPS) is 25.7. The molecule has 3 atom stereocenters. The van der Waals surface area contributed by atoms with Crippen LogP contribution in [0.5, 0.6) is 11.5 Å². The van der Waals surface area contributed by atoms with Gasteiger partial charge < -0.3 is 14.4 Å². The van der Waals surface area contributed by atoms with Gasteiger partial charge in [0, 0.05) is 31.0 Å². The molecule has 1 fully saturated rings. The molecular formula is C22H28N2O2. The van der Waals surface area contributed by atoms with Gasteiger partial charge in [-0.25, -0.2) is 0 Å². The molecule has 1 aliphatic carbocycles. The van der Waals surface area contributed by atoms with Crippen LogP contribution in [0.2, 0.25) is 0 Å². The molecule has 2 heterocycles. The molecule has 0 amide bonds. The standard InChI is InChI=1S/C22H28N2O2/c1-16-12-19(26-22-8-4-3-7-21(22)25-2)9-11-24(16)15-17-13-18-6-5-10-23-20(18)14-17/h3-8,10,16-17,19H,9,11-15H2,1-2H3/t16-,17?,19+/m0/s1. The van der Waals surface area contributed by atoms with Crippen molar-refractivity contribution in [3.05, 3.63) is 53.9 Å². The number of methoxy groups -OCH3 is 1. The molecular weight excluding hydrogens is 324 g/mol. The van der Waals surface area contributed by atoms with Gasteiger partial charge in [0.05, 0.1) is 7.11 Å². The van der Waals surface area contributed by atoms with Crippen molar-refractivity contribution >= 4 is 0 Å². The number of aromatic nitrogens is 1. The summed E-state index contributed by atoms with van der Waals surface area (Å²) in [5.41, 5.74) is 2.75. The number of ether oxygens (including phenoxy) is 2. The Hall–Kier alpha value is -2.07. The van der Waals surface area contributed by atoms with Gasteiger partial charge in [0.2, 0.25) is 0 Å².